The van der Waals surface area contributed by atoms with Gasteiger partial charge in [-0.15, -0.1) is 0 Å². The van der Waals surface area contributed by atoms with Crippen molar-refractivity contribution in [1.29, 1.82) is 0 Å². The van der Waals surface area contributed by atoms with Crippen LogP contribution in [0.4, 0.5) is 18.9 Å². The number of hydrogen-bond acceptors (Lipinski definition) is 3. The fraction of sp³-hybridized carbons (Fsp3) is 0.500. The Morgan fingerprint density at radius 3 is 2.29 bits per heavy atom. The molecule has 1 aliphatic rings. The normalized spacial score (nSPS) is 16.9. The summed E-state index contributed by atoms with van der Waals surface area (Å²) >= 11 is -0.113. The average Bonchev–Trinajstić information content (AvgIpc) is 2.40. The van der Waals surface area contributed by atoms with Crippen molar-refractivity contribution in [2.24, 2.45) is 0 Å². The number of piperidine rings is 1. The summed E-state index contributed by atoms with van der Waals surface area (Å²) in [7, 11) is 0. The molecule has 0 spiro atoms. The van der Waals surface area contributed by atoms with Crippen LogP contribution in [0.25, 0.3) is 0 Å². The maximum Gasteiger partial charge on any atom is 0.446 e. The molecule has 0 unspecified atom stereocenters. The first kappa shape index (κ1) is 16.0. The molecule has 7 heteroatoms. The zero-order valence-corrected chi connectivity index (χ0v) is 12.4. The maximum atomic E-state index is 12.2. The van der Waals surface area contributed by atoms with Crippen LogP contribution in [-0.2, 0) is 4.79 Å². The van der Waals surface area contributed by atoms with E-state index in [9.17, 15) is 18.0 Å². The first-order valence-corrected chi connectivity index (χ1v) is 7.53. The van der Waals surface area contributed by atoms with Gasteiger partial charge in [-0.05, 0) is 48.9 Å². The third-order valence-electron chi connectivity index (χ3n) is 3.40. The lowest BCUT2D eigenvalue weighted by Crippen LogP contribution is -2.41. The molecule has 0 aromatic heterocycles. The second-order valence-electron chi connectivity index (χ2n) is 5.00. The van der Waals surface area contributed by atoms with Crippen LogP contribution >= 0.6 is 11.8 Å². The Hall–Kier alpha value is -1.37. The van der Waals surface area contributed by atoms with Gasteiger partial charge in [0.15, 0.2) is 0 Å². The number of anilines is 1. The summed E-state index contributed by atoms with van der Waals surface area (Å²) in [5.41, 5.74) is -3.45. The van der Waals surface area contributed by atoms with Crippen molar-refractivity contribution in [3.8, 4) is 0 Å². The second kappa shape index (κ2) is 6.60. The molecule has 1 aromatic rings. The number of amides is 1. The summed E-state index contributed by atoms with van der Waals surface area (Å²) in [5, 5.41) is 3.30. The highest BCUT2D eigenvalue weighted by Crippen LogP contribution is 2.37. The van der Waals surface area contributed by atoms with E-state index < -0.39 is 5.51 Å². The van der Waals surface area contributed by atoms with Crippen molar-refractivity contribution in [3.63, 3.8) is 0 Å². The predicted molar refractivity (Wildman–Crippen MR) is 77.3 cm³/mol. The van der Waals surface area contributed by atoms with Crippen LogP contribution in [0.5, 0.6) is 0 Å². The van der Waals surface area contributed by atoms with Gasteiger partial charge < -0.3 is 10.2 Å². The van der Waals surface area contributed by atoms with Crippen LogP contribution in [0.1, 0.15) is 19.8 Å². The number of carbonyl (C=O) groups excluding carboxylic acids is 1. The SMILES string of the molecule is CC(=O)N1CCC(Nc2ccc(SC(F)(F)F)cc2)CC1. The zero-order valence-electron chi connectivity index (χ0n) is 11.6. The smallest absolute Gasteiger partial charge is 0.382 e. The summed E-state index contributed by atoms with van der Waals surface area (Å²) in [5.74, 6) is 0.0852. The van der Waals surface area contributed by atoms with Crippen LogP contribution in [0.2, 0.25) is 0 Å². The number of nitrogens with one attached hydrogen (secondary N) is 1. The van der Waals surface area contributed by atoms with E-state index in [2.05, 4.69) is 5.32 Å². The van der Waals surface area contributed by atoms with E-state index in [1.807, 2.05) is 0 Å². The molecule has 0 saturated carbocycles. The number of carbonyl (C=O) groups is 1. The first-order valence-electron chi connectivity index (χ1n) is 6.71. The molecule has 0 atom stereocenters. The van der Waals surface area contributed by atoms with E-state index in [-0.39, 0.29) is 28.6 Å². The van der Waals surface area contributed by atoms with Gasteiger partial charge in [-0.1, -0.05) is 0 Å². The number of hydrogen-bond donors (Lipinski definition) is 1. The number of thioether (sulfide) groups is 1. The Bertz CT molecular complexity index is 482. The van der Waals surface area contributed by atoms with E-state index in [0.717, 1.165) is 31.6 Å². The molecule has 116 valence electrons. The first-order chi connectivity index (χ1) is 9.83. The summed E-state index contributed by atoms with van der Waals surface area (Å²) in [6, 6.07) is 6.49. The van der Waals surface area contributed by atoms with E-state index >= 15 is 0 Å². The average molecular weight is 318 g/mol. The van der Waals surface area contributed by atoms with Gasteiger partial charge in [0.1, 0.15) is 0 Å². The number of benzene rings is 1. The molecule has 3 nitrogen and oxygen atoms in total. The molecule has 1 heterocycles. The van der Waals surface area contributed by atoms with E-state index in [0.29, 0.717) is 0 Å². The van der Waals surface area contributed by atoms with E-state index in [1.165, 1.54) is 12.1 Å². The van der Waals surface area contributed by atoms with Crippen LogP contribution in [-0.4, -0.2) is 35.4 Å². The summed E-state index contributed by atoms with van der Waals surface area (Å²) in [6.07, 6.45) is 1.69. The van der Waals surface area contributed by atoms with Gasteiger partial charge in [-0.2, -0.15) is 13.2 Å². The molecular weight excluding hydrogens is 301 g/mol. The van der Waals surface area contributed by atoms with Gasteiger partial charge in [-0.3, -0.25) is 4.79 Å². The number of nitrogens with zero attached hydrogens (tertiary/aromatic N) is 1. The van der Waals surface area contributed by atoms with Gasteiger partial charge in [0, 0.05) is 36.6 Å². The largest absolute Gasteiger partial charge is 0.446 e. The minimum Gasteiger partial charge on any atom is -0.382 e. The molecule has 0 bridgehead atoms. The van der Waals surface area contributed by atoms with Crippen molar-refractivity contribution in [2.45, 2.75) is 36.2 Å². The molecule has 1 N–H and O–H groups in total. The lowest BCUT2D eigenvalue weighted by atomic mass is 10.0. The van der Waals surface area contributed by atoms with Crippen LogP contribution in [0, 0.1) is 0 Å². The Kier molecular flexibility index (Phi) is 5.03. The number of halogens is 3. The highest BCUT2D eigenvalue weighted by molar-refractivity contribution is 8.00. The van der Waals surface area contributed by atoms with Crippen molar-refractivity contribution >= 4 is 23.4 Å². The molecule has 2 rings (SSSR count). The van der Waals surface area contributed by atoms with Crippen molar-refractivity contribution in [3.05, 3.63) is 24.3 Å². The summed E-state index contributed by atoms with van der Waals surface area (Å²) in [6.45, 7) is 2.99. The van der Waals surface area contributed by atoms with Crippen LogP contribution < -0.4 is 5.32 Å². The quantitative estimate of drug-likeness (QED) is 0.862. The molecule has 1 aliphatic heterocycles. The second-order valence-corrected chi connectivity index (χ2v) is 6.14. The van der Waals surface area contributed by atoms with Crippen LogP contribution in [0.3, 0.4) is 0 Å². The van der Waals surface area contributed by atoms with Gasteiger partial charge in [0.05, 0.1) is 0 Å². The molecule has 0 radical (unpaired) electrons. The number of likely N-dealkylation sites (tertiary alicyclic amines) is 1. The van der Waals surface area contributed by atoms with Crippen molar-refractivity contribution in [2.75, 3.05) is 18.4 Å². The van der Waals surface area contributed by atoms with E-state index in [1.54, 1.807) is 24.0 Å². The molecule has 1 saturated heterocycles. The minimum absolute atomic E-state index is 0.0852. The van der Waals surface area contributed by atoms with E-state index in [4.69, 9.17) is 0 Å². The minimum atomic E-state index is -4.26. The third-order valence-corrected chi connectivity index (χ3v) is 4.14. The fourth-order valence-corrected chi connectivity index (χ4v) is 2.87. The zero-order chi connectivity index (χ0) is 15.5. The van der Waals surface area contributed by atoms with Gasteiger partial charge in [-0.25, -0.2) is 0 Å². The lowest BCUT2D eigenvalue weighted by molar-refractivity contribution is -0.129. The highest BCUT2D eigenvalue weighted by atomic mass is 32.2. The molecule has 21 heavy (non-hydrogen) atoms. The Labute approximate surface area is 125 Å². The Morgan fingerprint density at radius 2 is 1.81 bits per heavy atom. The van der Waals surface area contributed by atoms with Gasteiger partial charge >= 0.3 is 5.51 Å². The maximum absolute atomic E-state index is 12.2. The molecular formula is C14H17F3N2OS. The Morgan fingerprint density at radius 1 is 1.24 bits per heavy atom. The standard InChI is InChI=1S/C14H17F3N2OS/c1-10(20)19-8-6-12(7-9-19)18-11-2-4-13(5-3-11)21-14(15,16)17/h2-5,12,18H,6-9H2,1H3. The topological polar surface area (TPSA) is 32.3 Å². The number of alkyl halides is 3. The number of rotatable bonds is 3. The lowest BCUT2D eigenvalue weighted by Gasteiger charge is -2.32. The molecule has 1 aromatic carbocycles. The summed E-state index contributed by atoms with van der Waals surface area (Å²) in [4.78, 5) is 13.2. The molecule has 1 amide bonds. The Balaban J connectivity index is 1.85. The van der Waals surface area contributed by atoms with Crippen molar-refractivity contribution in [1.82, 2.24) is 4.90 Å². The van der Waals surface area contributed by atoms with Crippen LogP contribution in [0.15, 0.2) is 29.2 Å². The fourth-order valence-electron chi connectivity index (χ4n) is 2.33. The monoisotopic (exact) mass is 318 g/mol. The van der Waals surface area contributed by atoms with Gasteiger partial charge in [0.2, 0.25) is 5.91 Å². The summed E-state index contributed by atoms with van der Waals surface area (Å²) < 4.78 is 36.7. The third kappa shape index (κ3) is 5.15. The van der Waals surface area contributed by atoms with Gasteiger partial charge in [0.25, 0.3) is 0 Å². The highest BCUT2D eigenvalue weighted by Gasteiger charge is 2.29. The molecule has 0 aliphatic carbocycles. The predicted octanol–water partition coefficient (Wildman–Crippen LogP) is 3.72. The van der Waals surface area contributed by atoms with Crippen molar-refractivity contribution < 1.29 is 18.0 Å². The molecule has 1 fully saturated rings.